The van der Waals surface area contributed by atoms with Crippen molar-refractivity contribution in [3.05, 3.63) is 35.5 Å². The maximum atomic E-state index is 12.3. The minimum atomic E-state index is -0.390. The number of benzene rings is 1. The molecule has 1 aliphatic heterocycles. The SMILES string of the molecule is CC(C)(C)OC(=O)NC1CCCCC1.CCC(=O)N1CCc2c([nH]c3ccccc23)C1CC(C)C. The molecule has 1 aromatic heterocycles. The summed E-state index contributed by atoms with van der Waals surface area (Å²) < 4.78 is 5.19. The summed E-state index contributed by atoms with van der Waals surface area (Å²) in [5.41, 5.74) is 3.48. The molecular weight excluding hydrogens is 438 g/mol. The molecule has 2 N–H and O–H groups in total. The highest BCUT2D eigenvalue weighted by atomic mass is 16.6. The van der Waals surface area contributed by atoms with E-state index in [2.05, 4.69) is 53.3 Å². The molecule has 6 heteroatoms. The predicted octanol–water partition coefficient (Wildman–Crippen LogP) is 6.89. The molecule has 1 saturated carbocycles. The van der Waals surface area contributed by atoms with Gasteiger partial charge in [0, 0.05) is 35.6 Å². The molecular formula is C29H45N3O3. The van der Waals surface area contributed by atoms with Crippen molar-refractivity contribution in [2.24, 2.45) is 5.92 Å². The minimum absolute atomic E-state index is 0.202. The van der Waals surface area contributed by atoms with Crippen LogP contribution in [0.4, 0.5) is 4.79 Å². The molecule has 2 heterocycles. The van der Waals surface area contributed by atoms with E-state index in [-0.39, 0.29) is 18.0 Å². The lowest BCUT2D eigenvalue weighted by molar-refractivity contribution is -0.134. The summed E-state index contributed by atoms with van der Waals surface area (Å²) in [6, 6.07) is 9.02. The first kappa shape index (κ1) is 27.1. The number of hydrogen-bond acceptors (Lipinski definition) is 3. The number of alkyl carbamates (subject to hydrolysis) is 1. The van der Waals surface area contributed by atoms with Gasteiger partial charge in [0.05, 0.1) is 6.04 Å². The van der Waals surface area contributed by atoms with E-state index >= 15 is 0 Å². The average Bonchev–Trinajstić information content (AvgIpc) is 3.17. The Hall–Kier alpha value is -2.50. The zero-order chi connectivity index (χ0) is 25.6. The van der Waals surface area contributed by atoms with Crippen molar-refractivity contribution in [1.29, 1.82) is 0 Å². The maximum absolute atomic E-state index is 12.3. The lowest BCUT2D eigenvalue weighted by Gasteiger charge is -2.36. The van der Waals surface area contributed by atoms with Gasteiger partial charge in [-0.25, -0.2) is 4.79 Å². The van der Waals surface area contributed by atoms with E-state index in [9.17, 15) is 9.59 Å². The molecule has 1 aromatic carbocycles. The quantitative estimate of drug-likeness (QED) is 0.497. The summed E-state index contributed by atoms with van der Waals surface area (Å²) in [5.74, 6) is 0.837. The standard InChI is InChI=1S/C18H24N2O.C11H21NO2/c1-4-17(21)20-10-9-14-13-7-5-6-8-15(13)19-18(14)16(20)11-12(2)3;1-11(2,3)14-10(13)12-9-7-5-4-6-8-9/h5-8,12,16,19H,4,9-11H2,1-3H3;9H,4-8H2,1-3H3,(H,12,13). The Labute approximate surface area is 211 Å². The van der Waals surface area contributed by atoms with Gasteiger partial charge < -0.3 is 19.9 Å². The van der Waals surface area contributed by atoms with Crippen LogP contribution in [0.3, 0.4) is 0 Å². The lowest BCUT2D eigenvalue weighted by atomic mass is 9.91. The van der Waals surface area contributed by atoms with Crippen molar-refractivity contribution >= 4 is 22.9 Å². The fourth-order valence-corrected chi connectivity index (χ4v) is 5.23. The van der Waals surface area contributed by atoms with E-state index < -0.39 is 5.60 Å². The number of hydrogen-bond donors (Lipinski definition) is 2. The topological polar surface area (TPSA) is 74.4 Å². The van der Waals surface area contributed by atoms with Crippen LogP contribution in [0.5, 0.6) is 0 Å². The lowest BCUT2D eigenvalue weighted by Crippen LogP contribution is -2.40. The summed E-state index contributed by atoms with van der Waals surface area (Å²) >= 11 is 0. The van der Waals surface area contributed by atoms with Crippen LogP contribution in [0, 0.1) is 5.92 Å². The number of amides is 2. The van der Waals surface area contributed by atoms with E-state index in [1.165, 1.54) is 41.4 Å². The fourth-order valence-electron chi connectivity index (χ4n) is 5.23. The van der Waals surface area contributed by atoms with Crippen LogP contribution in [0.2, 0.25) is 0 Å². The number of carbonyl (C=O) groups excluding carboxylic acids is 2. The van der Waals surface area contributed by atoms with Crippen molar-refractivity contribution in [2.75, 3.05) is 6.54 Å². The highest BCUT2D eigenvalue weighted by molar-refractivity contribution is 5.86. The fraction of sp³-hybridized carbons (Fsp3) is 0.655. The van der Waals surface area contributed by atoms with Gasteiger partial charge in [-0.1, -0.05) is 58.2 Å². The molecule has 4 rings (SSSR count). The summed E-state index contributed by atoms with van der Waals surface area (Å²) in [6.07, 6.45) is 8.23. The molecule has 1 aliphatic carbocycles. The Bertz CT molecular complexity index is 983. The highest BCUT2D eigenvalue weighted by Crippen LogP contribution is 2.38. The van der Waals surface area contributed by atoms with E-state index in [0.717, 1.165) is 32.2 Å². The van der Waals surface area contributed by atoms with E-state index in [4.69, 9.17) is 4.74 Å². The van der Waals surface area contributed by atoms with Gasteiger partial charge in [0.2, 0.25) is 5.91 Å². The Morgan fingerprint density at radius 1 is 1.14 bits per heavy atom. The molecule has 2 amide bonds. The number of H-pyrrole nitrogens is 1. The van der Waals surface area contributed by atoms with Crippen LogP contribution in [-0.4, -0.2) is 40.1 Å². The smallest absolute Gasteiger partial charge is 0.407 e. The zero-order valence-corrected chi connectivity index (χ0v) is 22.6. The second-order valence-electron chi connectivity index (χ2n) is 11.4. The number of nitrogens with zero attached hydrogens (tertiary/aromatic N) is 1. The van der Waals surface area contributed by atoms with Crippen molar-refractivity contribution in [1.82, 2.24) is 15.2 Å². The number of aromatic amines is 1. The molecule has 0 bridgehead atoms. The van der Waals surface area contributed by atoms with Crippen molar-refractivity contribution in [2.45, 2.75) is 111 Å². The van der Waals surface area contributed by atoms with Gasteiger partial charge >= 0.3 is 6.09 Å². The first-order chi connectivity index (χ1) is 16.6. The molecule has 194 valence electrons. The van der Waals surface area contributed by atoms with Gasteiger partial charge in [-0.05, 0) is 64.0 Å². The third-order valence-electron chi connectivity index (χ3n) is 6.80. The number of carbonyl (C=O) groups is 2. The molecule has 0 saturated heterocycles. The van der Waals surface area contributed by atoms with Gasteiger partial charge in [0.25, 0.3) is 0 Å². The van der Waals surface area contributed by atoms with Crippen LogP contribution < -0.4 is 5.32 Å². The Balaban J connectivity index is 0.000000214. The molecule has 6 nitrogen and oxygen atoms in total. The first-order valence-corrected chi connectivity index (χ1v) is 13.5. The largest absolute Gasteiger partial charge is 0.444 e. The minimum Gasteiger partial charge on any atom is -0.444 e. The summed E-state index contributed by atoms with van der Waals surface area (Å²) in [5, 5.41) is 4.24. The Kier molecular flexibility index (Phi) is 9.26. The summed E-state index contributed by atoms with van der Waals surface area (Å²) in [7, 11) is 0. The van der Waals surface area contributed by atoms with Crippen molar-refractivity contribution < 1.29 is 14.3 Å². The summed E-state index contributed by atoms with van der Waals surface area (Å²) in [4.78, 5) is 29.4. The van der Waals surface area contributed by atoms with E-state index in [0.29, 0.717) is 18.4 Å². The Morgan fingerprint density at radius 3 is 2.46 bits per heavy atom. The normalized spacial score (nSPS) is 18.6. The number of aromatic nitrogens is 1. The molecule has 0 spiro atoms. The number of rotatable bonds is 4. The van der Waals surface area contributed by atoms with Gasteiger partial charge in [-0.3, -0.25) is 4.79 Å². The number of fused-ring (bicyclic) bond motifs is 3. The molecule has 2 aromatic rings. The zero-order valence-electron chi connectivity index (χ0n) is 22.6. The monoisotopic (exact) mass is 483 g/mol. The molecule has 0 radical (unpaired) electrons. The number of ether oxygens (including phenoxy) is 1. The van der Waals surface area contributed by atoms with Crippen LogP contribution >= 0.6 is 0 Å². The van der Waals surface area contributed by atoms with Gasteiger partial charge in [-0.2, -0.15) is 0 Å². The van der Waals surface area contributed by atoms with Gasteiger partial charge in [0.15, 0.2) is 0 Å². The number of para-hydroxylation sites is 1. The highest BCUT2D eigenvalue weighted by Gasteiger charge is 2.32. The first-order valence-electron chi connectivity index (χ1n) is 13.5. The van der Waals surface area contributed by atoms with Gasteiger partial charge in [0.1, 0.15) is 5.60 Å². The van der Waals surface area contributed by atoms with Crippen LogP contribution in [0.15, 0.2) is 24.3 Å². The molecule has 1 fully saturated rings. The Morgan fingerprint density at radius 2 is 1.83 bits per heavy atom. The third-order valence-corrected chi connectivity index (χ3v) is 6.80. The number of nitrogens with one attached hydrogen (secondary N) is 2. The van der Waals surface area contributed by atoms with Gasteiger partial charge in [-0.15, -0.1) is 0 Å². The molecule has 35 heavy (non-hydrogen) atoms. The third kappa shape index (κ3) is 7.49. The van der Waals surface area contributed by atoms with Crippen LogP contribution in [-0.2, 0) is 16.0 Å². The summed E-state index contributed by atoms with van der Waals surface area (Å²) in [6.45, 7) is 12.9. The van der Waals surface area contributed by atoms with Crippen molar-refractivity contribution in [3.63, 3.8) is 0 Å². The van der Waals surface area contributed by atoms with Crippen molar-refractivity contribution in [3.8, 4) is 0 Å². The van der Waals surface area contributed by atoms with E-state index in [1.807, 2.05) is 27.7 Å². The molecule has 2 aliphatic rings. The van der Waals surface area contributed by atoms with Crippen LogP contribution in [0.1, 0.15) is 104 Å². The predicted molar refractivity (Wildman–Crippen MR) is 142 cm³/mol. The average molecular weight is 484 g/mol. The van der Waals surface area contributed by atoms with Crippen LogP contribution in [0.25, 0.3) is 10.9 Å². The van der Waals surface area contributed by atoms with E-state index in [1.54, 1.807) is 0 Å². The molecule has 1 atom stereocenters. The second kappa shape index (κ2) is 12.0. The molecule has 1 unspecified atom stereocenters. The maximum Gasteiger partial charge on any atom is 0.407 e. The second-order valence-corrected chi connectivity index (χ2v) is 11.4.